The minimum absolute atomic E-state index is 0.0210. The molecule has 78 valence electrons. The molecular weight excluding hydrogens is 200 g/mol. The van der Waals surface area contributed by atoms with Crippen LogP contribution in [0.15, 0.2) is 5.38 Å². The summed E-state index contributed by atoms with van der Waals surface area (Å²) in [7, 11) is 0. The molecule has 0 bridgehead atoms. The van der Waals surface area contributed by atoms with Crippen LogP contribution in [-0.4, -0.2) is 29.1 Å². The van der Waals surface area contributed by atoms with Gasteiger partial charge in [0, 0.05) is 11.9 Å². The average Bonchev–Trinajstić information content (AvgIpc) is 2.62. The van der Waals surface area contributed by atoms with Crippen molar-refractivity contribution in [2.45, 2.75) is 20.3 Å². The molecule has 0 spiro atoms. The number of aryl methyl sites for hydroxylation is 1. The molecule has 1 N–H and O–H groups in total. The van der Waals surface area contributed by atoms with Crippen LogP contribution < -0.4 is 4.90 Å². The van der Waals surface area contributed by atoms with Crippen molar-refractivity contribution >= 4 is 22.4 Å². The number of anilines is 1. The first-order valence-corrected chi connectivity index (χ1v) is 5.46. The van der Waals surface area contributed by atoms with Crippen molar-refractivity contribution in [2.24, 2.45) is 0 Å². The molecule has 1 aromatic heterocycles. The van der Waals surface area contributed by atoms with Crippen LogP contribution >= 0.6 is 11.3 Å². The van der Waals surface area contributed by atoms with E-state index in [1.807, 2.05) is 19.2 Å². The van der Waals surface area contributed by atoms with E-state index in [1.54, 1.807) is 4.90 Å². The van der Waals surface area contributed by atoms with Gasteiger partial charge in [-0.15, -0.1) is 11.3 Å². The lowest BCUT2D eigenvalue weighted by Gasteiger charge is -2.16. The summed E-state index contributed by atoms with van der Waals surface area (Å²) in [6.07, 6.45) is 0.890. The molecule has 0 atom stereocenters. The SMILES string of the molecule is CCc1csc(N(CC)CC(=O)O)n1. The van der Waals surface area contributed by atoms with Crippen molar-refractivity contribution in [3.63, 3.8) is 0 Å². The summed E-state index contributed by atoms with van der Waals surface area (Å²) in [6, 6.07) is 0. The van der Waals surface area contributed by atoms with Crippen molar-refractivity contribution in [1.29, 1.82) is 0 Å². The van der Waals surface area contributed by atoms with Gasteiger partial charge in [-0.2, -0.15) is 0 Å². The first kappa shape index (κ1) is 11.0. The highest BCUT2D eigenvalue weighted by atomic mass is 32.1. The smallest absolute Gasteiger partial charge is 0.323 e. The Kier molecular flexibility index (Phi) is 3.88. The summed E-state index contributed by atoms with van der Waals surface area (Å²) in [5.74, 6) is -0.819. The number of hydrogen-bond acceptors (Lipinski definition) is 4. The van der Waals surface area contributed by atoms with E-state index in [1.165, 1.54) is 11.3 Å². The maximum absolute atomic E-state index is 10.6. The molecule has 0 amide bonds. The second-order valence-electron chi connectivity index (χ2n) is 2.88. The summed E-state index contributed by atoms with van der Waals surface area (Å²) in [6.45, 7) is 4.65. The molecule has 0 aliphatic rings. The number of carboxylic acid groups (broad SMARTS) is 1. The molecule has 4 nitrogen and oxygen atoms in total. The van der Waals surface area contributed by atoms with Gasteiger partial charge in [-0.25, -0.2) is 4.98 Å². The van der Waals surface area contributed by atoms with Crippen LogP contribution in [-0.2, 0) is 11.2 Å². The topological polar surface area (TPSA) is 53.4 Å². The monoisotopic (exact) mass is 214 g/mol. The summed E-state index contributed by atoms with van der Waals surface area (Å²) in [5, 5.41) is 11.4. The molecule has 14 heavy (non-hydrogen) atoms. The Balaban J connectivity index is 2.73. The highest BCUT2D eigenvalue weighted by Gasteiger charge is 2.11. The average molecular weight is 214 g/mol. The molecule has 1 rings (SSSR count). The van der Waals surface area contributed by atoms with Gasteiger partial charge in [0.05, 0.1) is 5.69 Å². The van der Waals surface area contributed by atoms with Crippen LogP contribution in [0, 0.1) is 0 Å². The predicted octanol–water partition coefficient (Wildman–Crippen LogP) is 1.62. The highest BCUT2D eigenvalue weighted by Crippen LogP contribution is 2.20. The Bertz CT molecular complexity index is 312. The lowest BCUT2D eigenvalue weighted by atomic mass is 10.4. The van der Waals surface area contributed by atoms with Crippen LogP contribution in [0.4, 0.5) is 5.13 Å². The van der Waals surface area contributed by atoms with Crippen molar-refractivity contribution in [1.82, 2.24) is 4.98 Å². The maximum atomic E-state index is 10.6. The molecule has 0 aliphatic carbocycles. The quantitative estimate of drug-likeness (QED) is 0.809. The van der Waals surface area contributed by atoms with E-state index in [0.717, 1.165) is 17.2 Å². The lowest BCUT2D eigenvalue weighted by Crippen LogP contribution is -2.29. The molecule has 0 saturated carbocycles. The number of carboxylic acids is 1. The Hall–Kier alpha value is -1.10. The molecule has 1 heterocycles. The normalized spacial score (nSPS) is 10.1. The fourth-order valence-corrected chi connectivity index (χ4v) is 2.06. The zero-order valence-corrected chi connectivity index (χ0v) is 9.17. The van der Waals surface area contributed by atoms with Gasteiger partial charge >= 0.3 is 5.97 Å². The van der Waals surface area contributed by atoms with Crippen molar-refractivity contribution in [3.05, 3.63) is 11.1 Å². The zero-order chi connectivity index (χ0) is 10.6. The van der Waals surface area contributed by atoms with Crippen LogP contribution in [0.5, 0.6) is 0 Å². The van der Waals surface area contributed by atoms with Crippen molar-refractivity contribution < 1.29 is 9.90 Å². The predicted molar refractivity (Wildman–Crippen MR) is 57.0 cm³/mol. The van der Waals surface area contributed by atoms with Crippen molar-refractivity contribution in [2.75, 3.05) is 18.0 Å². The van der Waals surface area contributed by atoms with Gasteiger partial charge in [-0.1, -0.05) is 6.92 Å². The van der Waals surface area contributed by atoms with Gasteiger partial charge in [-0.3, -0.25) is 4.79 Å². The Morgan fingerprint density at radius 2 is 2.36 bits per heavy atom. The third kappa shape index (κ3) is 2.70. The van der Waals surface area contributed by atoms with Gasteiger partial charge in [0.1, 0.15) is 6.54 Å². The summed E-state index contributed by atoms with van der Waals surface area (Å²) in [4.78, 5) is 16.6. The number of nitrogens with zero attached hydrogens (tertiary/aromatic N) is 2. The molecule has 5 heteroatoms. The third-order valence-electron chi connectivity index (χ3n) is 1.88. The van der Waals surface area contributed by atoms with Gasteiger partial charge in [-0.05, 0) is 13.3 Å². The standard InChI is InChI=1S/C9H14N2O2S/c1-3-7-6-14-9(10-7)11(4-2)5-8(12)13/h6H,3-5H2,1-2H3,(H,12,13). The van der Waals surface area contributed by atoms with E-state index in [2.05, 4.69) is 4.98 Å². The number of likely N-dealkylation sites (N-methyl/N-ethyl adjacent to an activating group) is 1. The number of rotatable bonds is 5. The molecule has 0 aromatic carbocycles. The summed E-state index contributed by atoms with van der Waals surface area (Å²) >= 11 is 1.50. The molecule has 0 saturated heterocycles. The third-order valence-corrected chi connectivity index (χ3v) is 2.83. The summed E-state index contributed by atoms with van der Waals surface area (Å²) in [5.41, 5.74) is 1.02. The molecule has 0 aliphatic heterocycles. The van der Waals surface area contributed by atoms with E-state index in [4.69, 9.17) is 5.11 Å². The van der Waals surface area contributed by atoms with E-state index < -0.39 is 5.97 Å². The molecule has 0 radical (unpaired) electrons. The van der Waals surface area contributed by atoms with Gasteiger partial charge < -0.3 is 10.0 Å². The minimum atomic E-state index is -0.819. The number of hydrogen-bond donors (Lipinski definition) is 1. The van der Waals surface area contributed by atoms with E-state index >= 15 is 0 Å². The van der Waals surface area contributed by atoms with Gasteiger partial charge in [0.2, 0.25) is 0 Å². The fourth-order valence-electron chi connectivity index (χ4n) is 1.08. The van der Waals surface area contributed by atoms with Gasteiger partial charge in [0.15, 0.2) is 5.13 Å². The number of aliphatic carboxylic acids is 1. The maximum Gasteiger partial charge on any atom is 0.323 e. The van der Waals surface area contributed by atoms with E-state index in [-0.39, 0.29) is 6.54 Å². The van der Waals surface area contributed by atoms with E-state index in [9.17, 15) is 4.79 Å². The van der Waals surface area contributed by atoms with Crippen LogP contribution in [0.3, 0.4) is 0 Å². The Morgan fingerprint density at radius 3 is 2.79 bits per heavy atom. The number of thiazole rings is 1. The Labute approximate surface area is 87.2 Å². The van der Waals surface area contributed by atoms with Gasteiger partial charge in [0.25, 0.3) is 0 Å². The zero-order valence-electron chi connectivity index (χ0n) is 8.36. The number of aromatic nitrogens is 1. The van der Waals surface area contributed by atoms with Crippen LogP contribution in [0.1, 0.15) is 19.5 Å². The molecule has 0 unspecified atom stereocenters. The highest BCUT2D eigenvalue weighted by molar-refractivity contribution is 7.13. The second kappa shape index (κ2) is 4.95. The molecule has 0 fully saturated rings. The van der Waals surface area contributed by atoms with Crippen LogP contribution in [0.2, 0.25) is 0 Å². The van der Waals surface area contributed by atoms with Crippen LogP contribution in [0.25, 0.3) is 0 Å². The first-order valence-electron chi connectivity index (χ1n) is 4.58. The fraction of sp³-hybridized carbons (Fsp3) is 0.556. The second-order valence-corrected chi connectivity index (χ2v) is 3.72. The largest absolute Gasteiger partial charge is 0.480 e. The minimum Gasteiger partial charge on any atom is -0.480 e. The molecular formula is C9H14N2O2S. The lowest BCUT2D eigenvalue weighted by molar-refractivity contribution is -0.135. The Morgan fingerprint density at radius 1 is 1.64 bits per heavy atom. The first-order chi connectivity index (χ1) is 6.67. The molecule has 1 aromatic rings. The van der Waals surface area contributed by atoms with E-state index in [0.29, 0.717) is 6.54 Å². The van der Waals surface area contributed by atoms with Crippen molar-refractivity contribution in [3.8, 4) is 0 Å². The number of carbonyl (C=O) groups is 1. The summed E-state index contributed by atoms with van der Waals surface area (Å²) < 4.78 is 0.